The molecule has 4 nitrogen and oxygen atoms in total. The lowest BCUT2D eigenvalue weighted by Crippen LogP contribution is -2.30. The molecule has 0 spiro atoms. The molecule has 0 bridgehead atoms. The number of hydrogen-bond acceptors (Lipinski definition) is 3. The Morgan fingerprint density at radius 2 is 1.95 bits per heavy atom. The lowest BCUT2D eigenvalue weighted by atomic mass is 10.0. The zero-order valence-electron chi connectivity index (χ0n) is 11.6. The van der Waals surface area contributed by atoms with Crippen LogP contribution in [0.3, 0.4) is 0 Å². The Labute approximate surface area is 114 Å². The van der Waals surface area contributed by atoms with Gasteiger partial charge in [0.25, 0.3) is 5.91 Å². The molecule has 2 aliphatic heterocycles. The third-order valence-corrected chi connectivity index (χ3v) is 4.17. The van der Waals surface area contributed by atoms with Gasteiger partial charge in [-0.05, 0) is 51.2 Å². The third kappa shape index (κ3) is 2.50. The standard InChI is InChI=1S/C15H21N3O/c1-9-3-5-11-7-12-13(18-14(11)8-16-9)6-4-10(2)17-15(12)19/h7,9-10,16H,3-6,8H2,1-2H3,(H,17,19). The van der Waals surface area contributed by atoms with E-state index in [1.165, 1.54) is 5.56 Å². The van der Waals surface area contributed by atoms with Crippen molar-refractivity contribution < 1.29 is 4.79 Å². The maximum Gasteiger partial charge on any atom is 0.253 e. The van der Waals surface area contributed by atoms with Gasteiger partial charge in [-0.2, -0.15) is 0 Å². The number of aryl methyl sites for hydroxylation is 2. The Morgan fingerprint density at radius 1 is 1.16 bits per heavy atom. The number of amides is 1. The van der Waals surface area contributed by atoms with E-state index in [-0.39, 0.29) is 11.9 Å². The van der Waals surface area contributed by atoms with E-state index in [0.29, 0.717) is 6.04 Å². The molecule has 2 unspecified atom stereocenters. The van der Waals surface area contributed by atoms with Crippen LogP contribution >= 0.6 is 0 Å². The van der Waals surface area contributed by atoms with Crippen LogP contribution < -0.4 is 10.6 Å². The van der Waals surface area contributed by atoms with Crippen molar-refractivity contribution in [3.8, 4) is 0 Å². The van der Waals surface area contributed by atoms with Crippen LogP contribution in [0.15, 0.2) is 6.07 Å². The maximum absolute atomic E-state index is 12.2. The lowest BCUT2D eigenvalue weighted by molar-refractivity contribution is 0.0942. The minimum atomic E-state index is 0.0422. The van der Waals surface area contributed by atoms with Crippen LogP contribution in [0.4, 0.5) is 0 Å². The summed E-state index contributed by atoms with van der Waals surface area (Å²) in [6.45, 7) is 5.07. The molecular weight excluding hydrogens is 238 g/mol. The molecule has 19 heavy (non-hydrogen) atoms. The summed E-state index contributed by atoms with van der Waals surface area (Å²) in [5, 5.41) is 6.51. The topological polar surface area (TPSA) is 54.0 Å². The number of carbonyl (C=O) groups excluding carboxylic acids is 1. The van der Waals surface area contributed by atoms with Gasteiger partial charge < -0.3 is 10.6 Å². The second-order valence-corrected chi connectivity index (χ2v) is 5.82. The maximum atomic E-state index is 12.2. The highest BCUT2D eigenvalue weighted by Gasteiger charge is 2.23. The zero-order chi connectivity index (χ0) is 13.4. The van der Waals surface area contributed by atoms with Crippen LogP contribution in [0, 0.1) is 0 Å². The fourth-order valence-electron chi connectivity index (χ4n) is 2.86. The van der Waals surface area contributed by atoms with Crippen LogP contribution in [0.25, 0.3) is 0 Å². The van der Waals surface area contributed by atoms with E-state index in [2.05, 4.69) is 30.5 Å². The second-order valence-electron chi connectivity index (χ2n) is 5.82. The van der Waals surface area contributed by atoms with Crippen LogP contribution in [0.2, 0.25) is 0 Å². The molecule has 1 aromatic heterocycles. The number of nitrogens with zero attached hydrogens (tertiary/aromatic N) is 1. The highest BCUT2D eigenvalue weighted by molar-refractivity contribution is 5.96. The smallest absolute Gasteiger partial charge is 0.253 e. The summed E-state index contributed by atoms with van der Waals surface area (Å²) in [7, 11) is 0. The Bertz CT molecular complexity index is 512. The molecule has 0 saturated heterocycles. The molecule has 0 radical (unpaired) electrons. The van der Waals surface area contributed by atoms with E-state index >= 15 is 0 Å². The van der Waals surface area contributed by atoms with Crippen molar-refractivity contribution in [3.63, 3.8) is 0 Å². The SMILES string of the molecule is CC1CCc2cc3c(nc2CN1)CCC(C)NC3=O. The summed E-state index contributed by atoms with van der Waals surface area (Å²) in [4.78, 5) is 17.0. The molecule has 102 valence electrons. The molecule has 2 aliphatic rings. The van der Waals surface area contributed by atoms with Gasteiger partial charge in [-0.1, -0.05) is 0 Å². The highest BCUT2D eigenvalue weighted by Crippen LogP contribution is 2.22. The normalized spacial score (nSPS) is 26.7. The van der Waals surface area contributed by atoms with Crippen LogP contribution in [-0.2, 0) is 19.4 Å². The van der Waals surface area contributed by atoms with Gasteiger partial charge in [0, 0.05) is 18.6 Å². The Balaban J connectivity index is 2.00. The monoisotopic (exact) mass is 259 g/mol. The van der Waals surface area contributed by atoms with Gasteiger partial charge in [0.05, 0.1) is 17.0 Å². The molecule has 0 aromatic carbocycles. The van der Waals surface area contributed by atoms with E-state index in [9.17, 15) is 4.79 Å². The van der Waals surface area contributed by atoms with Crippen molar-refractivity contribution in [2.45, 2.75) is 58.2 Å². The van der Waals surface area contributed by atoms with Gasteiger partial charge >= 0.3 is 0 Å². The van der Waals surface area contributed by atoms with Gasteiger partial charge in [0.2, 0.25) is 0 Å². The van der Waals surface area contributed by atoms with Crippen LogP contribution in [-0.4, -0.2) is 23.0 Å². The number of aromatic nitrogens is 1. The Hall–Kier alpha value is -1.42. The number of pyridine rings is 1. The minimum absolute atomic E-state index is 0.0422. The van der Waals surface area contributed by atoms with E-state index in [0.717, 1.165) is 49.2 Å². The summed E-state index contributed by atoms with van der Waals surface area (Å²) in [5.41, 5.74) is 4.13. The second kappa shape index (κ2) is 4.93. The molecule has 0 fully saturated rings. The van der Waals surface area contributed by atoms with Crippen molar-refractivity contribution in [3.05, 3.63) is 28.6 Å². The lowest BCUT2D eigenvalue weighted by Gasteiger charge is -2.11. The van der Waals surface area contributed by atoms with Gasteiger partial charge in [0.1, 0.15) is 0 Å². The van der Waals surface area contributed by atoms with E-state index in [1.54, 1.807) is 0 Å². The van der Waals surface area contributed by atoms with Crippen molar-refractivity contribution in [1.82, 2.24) is 15.6 Å². The van der Waals surface area contributed by atoms with Crippen molar-refractivity contribution in [2.75, 3.05) is 0 Å². The van der Waals surface area contributed by atoms with Crippen LogP contribution in [0.1, 0.15) is 54.0 Å². The fourth-order valence-corrected chi connectivity index (χ4v) is 2.86. The van der Waals surface area contributed by atoms with Gasteiger partial charge in [-0.3, -0.25) is 9.78 Å². The van der Waals surface area contributed by atoms with E-state index < -0.39 is 0 Å². The summed E-state index contributed by atoms with van der Waals surface area (Å²) in [6.07, 6.45) is 3.96. The predicted octanol–water partition coefficient (Wildman–Crippen LogP) is 1.57. The first-order valence-electron chi connectivity index (χ1n) is 7.19. The number of fused-ring (bicyclic) bond motifs is 2. The molecule has 2 atom stereocenters. The first-order valence-corrected chi connectivity index (χ1v) is 7.19. The number of nitrogens with one attached hydrogen (secondary N) is 2. The van der Waals surface area contributed by atoms with Crippen LogP contribution in [0.5, 0.6) is 0 Å². The molecule has 3 heterocycles. The number of rotatable bonds is 0. The van der Waals surface area contributed by atoms with E-state index in [4.69, 9.17) is 4.98 Å². The van der Waals surface area contributed by atoms with Crippen molar-refractivity contribution in [2.24, 2.45) is 0 Å². The summed E-state index contributed by atoms with van der Waals surface area (Å²) < 4.78 is 0. The van der Waals surface area contributed by atoms with Crippen molar-refractivity contribution >= 4 is 5.91 Å². The number of carbonyl (C=O) groups is 1. The third-order valence-electron chi connectivity index (χ3n) is 4.17. The highest BCUT2D eigenvalue weighted by atomic mass is 16.1. The average Bonchev–Trinajstić information content (AvgIpc) is 2.64. The fraction of sp³-hybridized carbons (Fsp3) is 0.600. The van der Waals surface area contributed by atoms with Gasteiger partial charge in [-0.15, -0.1) is 0 Å². The number of hydrogen-bond donors (Lipinski definition) is 2. The van der Waals surface area contributed by atoms with Gasteiger partial charge in [-0.25, -0.2) is 0 Å². The largest absolute Gasteiger partial charge is 0.350 e. The summed E-state index contributed by atoms with van der Waals surface area (Å²) in [5.74, 6) is 0.0422. The van der Waals surface area contributed by atoms with Crippen molar-refractivity contribution in [1.29, 1.82) is 0 Å². The molecule has 0 saturated carbocycles. The first kappa shape index (κ1) is 12.6. The summed E-state index contributed by atoms with van der Waals surface area (Å²) >= 11 is 0. The molecule has 1 aromatic rings. The minimum Gasteiger partial charge on any atom is -0.350 e. The molecule has 0 aliphatic carbocycles. The molecule has 2 N–H and O–H groups in total. The Morgan fingerprint density at radius 3 is 2.79 bits per heavy atom. The first-order chi connectivity index (χ1) is 9.13. The average molecular weight is 259 g/mol. The molecule has 3 rings (SSSR count). The van der Waals surface area contributed by atoms with Gasteiger partial charge in [0.15, 0.2) is 0 Å². The zero-order valence-corrected chi connectivity index (χ0v) is 11.6. The predicted molar refractivity (Wildman–Crippen MR) is 74.1 cm³/mol. The van der Waals surface area contributed by atoms with E-state index in [1.807, 2.05) is 0 Å². The molecule has 4 heteroatoms. The summed E-state index contributed by atoms with van der Waals surface area (Å²) in [6, 6.07) is 2.83. The quantitative estimate of drug-likeness (QED) is 0.743. The Kier molecular flexibility index (Phi) is 3.27. The molecular formula is C15H21N3O. The molecule has 1 amide bonds.